The van der Waals surface area contributed by atoms with Crippen LogP contribution in [0.1, 0.15) is 12.0 Å². The molecular formula is C16H14Cl2FNO2S. The van der Waals surface area contributed by atoms with Gasteiger partial charge < -0.3 is 5.32 Å². The summed E-state index contributed by atoms with van der Waals surface area (Å²) in [5.74, 6) is -0.165. The van der Waals surface area contributed by atoms with E-state index in [1.54, 1.807) is 18.2 Å². The van der Waals surface area contributed by atoms with Gasteiger partial charge in [0.15, 0.2) is 0 Å². The number of nitrogens with one attached hydrogen (secondary N) is 1. The first kappa shape index (κ1) is 17.9. The van der Waals surface area contributed by atoms with Crippen LogP contribution in [-0.4, -0.2) is 15.9 Å². The fourth-order valence-electron chi connectivity index (χ4n) is 1.85. The molecule has 122 valence electrons. The molecule has 2 aromatic rings. The van der Waals surface area contributed by atoms with Gasteiger partial charge in [0.2, 0.25) is 5.91 Å². The maximum atomic E-state index is 12.8. The molecule has 1 N–H and O–H groups in total. The van der Waals surface area contributed by atoms with Crippen molar-refractivity contribution >= 4 is 45.6 Å². The van der Waals surface area contributed by atoms with Gasteiger partial charge in [-0.2, -0.15) is 0 Å². The van der Waals surface area contributed by atoms with E-state index < -0.39 is 10.8 Å². The zero-order valence-electron chi connectivity index (χ0n) is 12.0. The minimum absolute atomic E-state index is 0.106. The van der Waals surface area contributed by atoms with Crippen molar-refractivity contribution in [3.8, 4) is 0 Å². The number of hydrogen-bond donors (Lipinski definition) is 1. The Morgan fingerprint density at radius 1 is 1.13 bits per heavy atom. The first-order valence-corrected chi connectivity index (χ1v) is 9.03. The van der Waals surface area contributed by atoms with Crippen LogP contribution < -0.4 is 5.32 Å². The molecule has 23 heavy (non-hydrogen) atoms. The molecule has 0 aliphatic rings. The minimum Gasteiger partial charge on any atom is -0.326 e. The highest BCUT2D eigenvalue weighted by Gasteiger charge is 2.09. The second-order valence-corrected chi connectivity index (χ2v) is 7.25. The highest BCUT2D eigenvalue weighted by molar-refractivity contribution is 7.84. The van der Waals surface area contributed by atoms with E-state index in [9.17, 15) is 13.4 Å². The van der Waals surface area contributed by atoms with Crippen LogP contribution in [-0.2, 0) is 21.3 Å². The largest absolute Gasteiger partial charge is 0.326 e. The summed E-state index contributed by atoms with van der Waals surface area (Å²) in [7, 11) is -1.22. The standard InChI is InChI=1S/C16H14Cl2FNO2S/c17-12-2-1-11(15(18)9-12)10-23(22)8-7-16(21)20-14-5-3-13(19)4-6-14/h1-6,9H,7-8,10H2,(H,20,21). The zero-order chi connectivity index (χ0) is 16.8. The number of amides is 1. The molecule has 1 unspecified atom stereocenters. The first-order valence-electron chi connectivity index (χ1n) is 6.78. The SMILES string of the molecule is O=C(CCS(=O)Cc1ccc(Cl)cc1Cl)Nc1ccc(F)cc1. The summed E-state index contributed by atoms with van der Waals surface area (Å²) < 4.78 is 24.8. The van der Waals surface area contributed by atoms with Crippen molar-refractivity contribution in [2.45, 2.75) is 12.2 Å². The lowest BCUT2D eigenvalue weighted by atomic mass is 10.2. The van der Waals surface area contributed by atoms with Gasteiger partial charge in [0, 0.05) is 38.7 Å². The normalized spacial score (nSPS) is 12.0. The van der Waals surface area contributed by atoms with Crippen LogP contribution in [0.4, 0.5) is 10.1 Å². The Morgan fingerprint density at radius 3 is 2.48 bits per heavy atom. The number of carbonyl (C=O) groups excluding carboxylic acids is 1. The lowest BCUT2D eigenvalue weighted by molar-refractivity contribution is -0.115. The quantitative estimate of drug-likeness (QED) is 0.814. The van der Waals surface area contributed by atoms with Crippen LogP contribution >= 0.6 is 23.2 Å². The molecule has 0 aromatic heterocycles. The van der Waals surface area contributed by atoms with Gasteiger partial charge in [0.25, 0.3) is 0 Å². The monoisotopic (exact) mass is 373 g/mol. The molecule has 0 radical (unpaired) electrons. The number of benzene rings is 2. The van der Waals surface area contributed by atoms with Crippen LogP contribution in [0.15, 0.2) is 42.5 Å². The Labute approximate surface area is 146 Å². The zero-order valence-corrected chi connectivity index (χ0v) is 14.3. The van der Waals surface area contributed by atoms with E-state index in [-0.39, 0.29) is 29.7 Å². The number of hydrogen-bond acceptors (Lipinski definition) is 2. The molecule has 0 aliphatic carbocycles. The second-order valence-electron chi connectivity index (χ2n) is 4.83. The fraction of sp³-hybridized carbons (Fsp3) is 0.188. The summed E-state index contributed by atoms with van der Waals surface area (Å²) in [6.07, 6.45) is 0.106. The number of halogens is 3. The van der Waals surface area contributed by atoms with Gasteiger partial charge in [-0.25, -0.2) is 4.39 Å². The molecule has 2 aromatic carbocycles. The van der Waals surface area contributed by atoms with Crippen LogP contribution in [0.5, 0.6) is 0 Å². The van der Waals surface area contributed by atoms with Crippen molar-refractivity contribution < 1.29 is 13.4 Å². The van der Waals surface area contributed by atoms with Gasteiger partial charge in [-0.1, -0.05) is 29.3 Å². The van der Waals surface area contributed by atoms with Gasteiger partial charge in [-0.05, 0) is 42.0 Å². The van der Waals surface area contributed by atoms with Crippen molar-refractivity contribution in [3.05, 3.63) is 63.9 Å². The molecule has 1 atom stereocenters. The van der Waals surface area contributed by atoms with Crippen LogP contribution in [0.3, 0.4) is 0 Å². The summed E-state index contributed by atoms with van der Waals surface area (Å²) in [5.41, 5.74) is 1.23. The molecule has 0 fully saturated rings. The Hall–Kier alpha value is -1.43. The lowest BCUT2D eigenvalue weighted by Crippen LogP contribution is -2.15. The molecule has 0 spiro atoms. The predicted octanol–water partition coefficient (Wildman–Crippen LogP) is 4.41. The summed E-state index contributed by atoms with van der Waals surface area (Å²) in [6, 6.07) is 10.5. The number of carbonyl (C=O) groups is 1. The molecule has 0 heterocycles. The maximum Gasteiger partial charge on any atom is 0.225 e. The van der Waals surface area contributed by atoms with E-state index in [1.165, 1.54) is 24.3 Å². The van der Waals surface area contributed by atoms with Crippen molar-refractivity contribution in [2.75, 3.05) is 11.1 Å². The van der Waals surface area contributed by atoms with Gasteiger partial charge in [0.05, 0.1) is 5.75 Å². The van der Waals surface area contributed by atoms with E-state index in [0.29, 0.717) is 15.7 Å². The second kappa shape index (κ2) is 8.43. The third-order valence-corrected chi connectivity index (χ3v) is 4.90. The van der Waals surface area contributed by atoms with Crippen LogP contribution in [0, 0.1) is 5.82 Å². The van der Waals surface area contributed by atoms with E-state index in [2.05, 4.69) is 5.32 Å². The summed E-state index contributed by atoms with van der Waals surface area (Å²) >= 11 is 11.8. The molecule has 1 amide bonds. The van der Waals surface area contributed by atoms with Gasteiger partial charge in [-0.15, -0.1) is 0 Å². The minimum atomic E-state index is -1.22. The molecule has 0 bridgehead atoms. The van der Waals surface area contributed by atoms with E-state index in [4.69, 9.17) is 23.2 Å². The first-order chi connectivity index (χ1) is 10.9. The van der Waals surface area contributed by atoms with Crippen molar-refractivity contribution in [1.29, 1.82) is 0 Å². The van der Waals surface area contributed by atoms with Crippen LogP contribution in [0.25, 0.3) is 0 Å². The van der Waals surface area contributed by atoms with E-state index >= 15 is 0 Å². The molecule has 3 nitrogen and oxygen atoms in total. The topological polar surface area (TPSA) is 46.2 Å². The summed E-state index contributed by atoms with van der Waals surface area (Å²) in [6.45, 7) is 0. The molecule has 7 heteroatoms. The average molecular weight is 374 g/mol. The molecule has 0 aliphatic heterocycles. The molecule has 0 saturated carbocycles. The maximum absolute atomic E-state index is 12.8. The third-order valence-electron chi connectivity index (χ3n) is 3.02. The lowest BCUT2D eigenvalue weighted by Gasteiger charge is -2.07. The third kappa shape index (κ3) is 5.94. The number of rotatable bonds is 6. The Kier molecular flexibility index (Phi) is 6.57. The van der Waals surface area contributed by atoms with Crippen molar-refractivity contribution in [1.82, 2.24) is 0 Å². The van der Waals surface area contributed by atoms with E-state index in [1.807, 2.05) is 0 Å². The van der Waals surface area contributed by atoms with Crippen LogP contribution in [0.2, 0.25) is 10.0 Å². The van der Waals surface area contributed by atoms with Crippen molar-refractivity contribution in [3.63, 3.8) is 0 Å². The van der Waals surface area contributed by atoms with E-state index in [0.717, 1.165) is 5.56 Å². The Bertz CT molecular complexity index is 723. The molecule has 2 rings (SSSR count). The summed E-state index contributed by atoms with van der Waals surface area (Å²) in [5, 5.41) is 3.60. The fourth-order valence-corrected chi connectivity index (χ4v) is 3.56. The smallest absolute Gasteiger partial charge is 0.225 e. The highest BCUT2D eigenvalue weighted by atomic mass is 35.5. The average Bonchev–Trinajstić information content (AvgIpc) is 2.50. The number of anilines is 1. The highest BCUT2D eigenvalue weighted by Crippen LogP contribution is 2.22. The molecular weight excluding hydrogens is 360 g/mol. The van der Waals surface area contributed by atoms with Crippen molar-refractivity contribution in [2.24, 2.45) is 0 Å². The molecule has 0 saturated heterocycles. The van der Waals surface area contributed by atoms with Gasteiger partial charge >= 0.3 is 0 Å². The summed E-state index contributed by atoms with van der Waals surface area (Å²) in [4.78, 5) is 11.8. The van der Waals surface area contributed by atoms with Gasteiger partial charge in [0.1, 0.15) is 5.82 Å². The van der Waals surface area contributed by atoms with Gasteiger partial charge in [-0.3, -0.25) is 9.00 Å². The Balaban J connectivity index is 1.81. The predicted molar refractivity (Wildman–Crippen MR) is 92.8 cm³/mol. The Morgan fingerprint density at radius 2 is 1.83 bits per heavy atom.